The number of hydrogen-bond acceptors (Lipinski definition) is 5. The molecule has 4 atom stereocenters. The van der Waals surface area contributed by atoms with Gasteiger partial charge in [0.05, 0.1) is 19.3 Å². The van der Waals surface area contributed by atoms with Gasteiger partial charge in [-0.25, -0.2) is 0 Å². The summed E-state index contributed by atoms with van der Waals surface area (Å²) in [5, 5.41) is 0. The third-order valence-electron chi connectivity index (χ3n) is 3.44. The number of nitrogens with two attached hydrogens (primary N) is 1. The minimum absolute atomic E-state index is 0.221. The third kappa shape index (κ3) is 3.93. The van der Waals surface area contributed by atoms with Crippen molar-refractivity contribution in [2.75, 3.05) is 20.2 Å². The van der Waals surface area contributed by atoms with Crippen LogP contribution in [0.2, 0.25) is 0 Å². The molecule has 1 rings (SSSR count). The first-order valence-corrected chi connectivity index (χ1v) is 6.53. The number of hydrogen-bond donors (Lipinski definition) is 1. The maximum absolute atomic E-state index is 11.6. The van der Waals surface area contributed by atoms with Gasteiger partial charge in [0, 0.05) is 19.1 Å². The molecule has 1 fully saturated rings. The number of ether oxygens (including phenoxy) is 2. The quantitative estimate of drug-likeness (QED) is 0.754. The van der Waals surface area contributed by atoms with E-state index in [0.717, 1.165) is 13.1 Å². The molecule has 0 aromatic rings. The van der Waals surface area contributed by atoms with E-state index in [0.29, 0.717) is 6.42 Å². The SMILES string of the molecule is COC(=O)C(C)(N)CC(C)N1CC(C)OC(C)C1. The number of carbonyl (C=O) groups excluding carboxylic acids is 1. The highest BCUT2D eigenvalue weighted by Gasteiger charge is 2.35. The van der Waals surface area contributed by atoms with Gasteiger partial charge in [-0.2, -0.15) is 0 Å². The van der Waals surface area contributed by atoms with Crippen molar-refractivity contribution in [3.05, 3.63) is 0 Å². The first-order valence-electron chi connectivity index (χ1n) is 6.53. The molecule has 0 radical (unpaired) electrons. The summed E-state index contributed by atoms with van der Waals surface area (Å²) in [5.74, 6) is -0.358. The van der Waals surface area contributed by atoms with Crippen molar-refractivity contribution in [3.63, 3.8) is 0 Å². The van der Waals surface area contributed by atoms with Crippen LogP contribution < -0.4 is 5.73 Å². The Morgan fingerprint density at radius 1 is 1.50 bits per heavy atom. The van der Waals surface area contributed by atoms with Crippen molar-refractivity contribution in [2.45, 2.75) is 57.9 Å². The summed E-state index contributed by atoms with van der Waals surface area (Å²) in [6.45, 7) is 9.71. The van der Waals surface area contributed by atoms with Crippen LogP contribution in [0, 0.1) is 0 Å². The Hall–Kier alpha value is -0.650. The Kier molecular flexibility index (Phi) is 5.13. The lowest BCUT2D eigenvalue weighted by Gasteiger charge is -2.40. The molecule has 0 spiro atoms. The number of methoxy groups -OCH3 is 1. The zero-order chi connectivity index (χ0) is 13.9. The predicted molar refractivity (Wildman–Crippen MR) is 70.3 cm³/mol. The van der Waals surface area contributed by atoms with Gasteiger partial charge in [-0.3, -0.25) is 9.69 Å². The van der Waals surface area contributed by atoms with E-state index in [2.05, 4.69) is 25.7 Å². The lowest BCUT2D eigenvalue weighted by atomic mass is 9.93. The minimum Gasteiger partial charge on any atom is -0.468 e. The van der Waals surface area contributed by atoms with E-state index in [-0.39, 0.29) is 24.2 Å². The highest BCUT2D eigenvalue weighted by Crippen LogP contribution is 2.19. The van der Waals surface area contributed by atoms with Crippen LogP contribution in [-0.2, 0) is 14.3 Å². The fourth-order valence-electron chi connectivity index (χ4n) is 2.64. The maximum atomic E-state index is 11.6. The summed E-state index contributed by atoms with van der Waals surface area (Å²) in [7, 11) is 1.37. The molecule has 1 saturated heterocycles. The van der Waals surface area contributed by atoms with Gasteiger partial charge in [-0.05, 0) is 34.1 Å². The molecule has 1 aliphatic rings. The molecule has 5 nitrogen and oxygen atoms in total. The predicted octanol–water partition coefficient (Wildman–Crippen LogP) is 0.765. The topological polar surface area (TPSA) is 64.8 Å². The van der Waals surface area contributed by atoms with Crippen molar-refractivity contribution in [2.24, 2.45) is 5.73 Å². The van der Waals surface area contributed by atoms with Crippen molar-refractivity contribution < 1.29 is 14.3 Å². The Morgan fingerprint density at radius 2 is 2.00 bits per heavy atom. The average molecular weight is 258 g/mol. The van der Waals surface area contributed by atoms with E-state index in [4.69, 9.17) is 15.2 Å². The molecule has 1 heterocycles. The molecule has 18 heavy (non-hydrogen) atoms. The first kappa shape index (κ1) is 15.4. The maximum Gasteiger partial charge on any atom is 0.325 e. The normalized spacial score (nSPS) is 30.6. The zero-order valence-corrected chi connectivity index (χ0v) is 12.1. The smallest absolute Gasteiger partial charge is 0.325 e. The van der Waals surface area contributed by atoms with Crippen LogP contribution in [0.25, 0.3) is 0 Å². The van der Waals surface area contributed by atoms with Crippen molar-refractivity contribution in [3.8, 4) is 0 Å². The summed E-state index contributed by atoms with van der Waals surface area (Å²) in [5.41, 5.74) is 5.08. The number of morpholine rings is 1. The van der Waals surface area contributed by atoms with E-state index in [1.165, 1.54) is 7.11 Å². The zero-order valence-electron chi connectivity index (χ0n) is 12.1. The van der Waals surface area contributed by atoms with Gasteiger partial charge in [0.15, 0.2) is 0 Å². The summed E-state index contributed by atoms with van der Waals surface area (Å²) < 4.78 is 10.4. The van der Waals surface area contributed by atoms with Gasteiger partial charge in [-0.15, -0.1) is 0 Å². The number of nitrogens with zero attached hydrogens (tertiary/aromatic N) is 1. The van der Waals surface area contributed by atoms with Crippen LogP contribution in [-0.4, -0.2) is 54.9 Å². The first-order chi connectivity index (χ1) is 8.26. The highest BCUT2D eigenvalue weighted by atomic mass is 16.5. The van der Waals surface area contributed by atoms with Gasteiger partial charge in [0.1, 0.15) is 5.54 Å². The van der Waals surface area contributed by atoms with Crippen LogP contribution in [0.4, 0.5) is 0 Å². The van der Waals surface area contributed by atoms with Crippen LogP contribution in [0.15, 0.2) is 0 Å². The van der Waals surface area contributed by atoms with E-state index < -0.39 is 5.54 Å². The lowest BCUT2D eigenvalue weighted by molar-refractivity contribution is -0.147. The van der Waals surface area contributed by atoms with Gasteiger partial charge in [0.2, 0.25) is 0 Å². The molecule has 2 N–H and O–H groups in total. The highest BCUT2D eigenvalue weighted by molar-refractivity contribution is 5.79. The van der Waals surface area contributed by atoms with Crippen LogP contribution in [0.3, 0.4) is 0 Å². The third-order valence-corrected chi connectivity index (χ3v) is 3.44. The molecule has 0 amide bonds. The second-order valence-corrected chi connectivity index (χ2v) is 5.67. The Morgan fingerprint density at radius 3 is 2.44 bits per heavy atom. The van der Waals surface area contributed by atoms with Gasteiger partial charge >= 0.3 is 5.97 Å². The van der Waals surface area contributed by atoms with Crippen molar-refractivity contribution >= 4 is 5.97 Å². The van der Waals surface area contributed by atoms with Gasteiger partial charge in [-0.1, -0.05) is 0 Å². The Balaban J connectivity index is 2.59. The molecule has 0 aromatic heterocycles. The van der Waals surface area contributed by atoms with E-state index in [1.807, 2.05) is 0 Å². The van der Waals surface area contributed by atoms with Crippen LogP contribution in [0.1, 0.15) is 34.1 Å². The lowest BCUT2D eigenvalue weighted by Crippen LogP contribution is -2.54. The molecule has 0 bridgehead atoms. The van der Waals surface area contributed by atoms with E-state index in [1.54, 1.807) is 6.92 Å². The molecule has 4 unspecified atom stereocenters. The van der Waals surface area contributed by atoms with Crippen molar-refractivity contribution in [1.82, 2.24) is 4.90 Å². The Bertz CT molecular complexity index is 284. The van der Waals surface area contributed by atoms with Crippen LogP contribution in [0.5, 0.6) is 0 Å². The standard InChI is InChI=1S/C13H26N2O3/c1-9(6-13(4,14)12(16)17-5)15-7-10(2)18-11(3)8-15/h9-11H,6-8,14H2,1-5H3. The molecular formula is C13H26N2O3. The average Bonchev–Trinajstić information content (AvgIpc) is 2.25. The molecule has 0 aliphatic carbocycles. The van der Waals surface area contributed by atoms with Gasteiger partial charge < -0.3 is 15.2 Å². The van der Waals surface area contributed by atoms with E-state index >= 15 is 0 Å². The summed E-state index contributed by atoms with van der Waals surface area (Å²) in [4.78, 5) is 13.9. The largest absolute Gasteiger partial charge is 0.468 e. The molecule has 1 aliphatic heterocycles. The molecule has 0 aromatic carbocycles. The summed E-state index contributed by atoms with van der Waals surface area (Å²) >= 11 is 0. The van der Waals surface area contributed by atoms with Gasteiger partial charge in [0.25, 0.3) is 0 Å². The van der Waals surface area contributed by atoms with E-state index in [9.17, 15) is 4.79 Å². The second kappa shape index (κ2) is 5.99. The minimum atomic E-state index is -0.932. The summed E-state index contributed by atoms with van der Waals surface area (Å²) in [6.07, 6.45) is 1.02. The molecule has 0 saturated carbocycles. The number of carbonyl (C=O) groups is 1. The molecular weight excluding hydrogens is 232 g/mol. The molecule has 5 heteroatoms. The fraction of sp³-hybridized carbons (Fsp3) is 0.923. The second-order valence-electron chi connectivity index (χ2n) is 5.67. The van der Waals surface area contributed by atoms with Crippen LogP contribution >= 0.6 is 0 Å². The van der Waals surface area contributed by atoms with Crippen molar-refractivity contribution in [1.29, 1.82) is 0 Å². The Labute approximate surface area is 110 Å². The monoisotopic (exact) mass is 258 g/mol. The fourth-order valence-corrected chi connectivity index (χ4v) is 2.64. The number of rotatable bonds is 4. The summed E-state index contributed by atoms with van der Waals surface area (Å²) in [6, 6.07) is 0.230. The molecule has 106 valence electrons. The number of esters is 1.